The van der Waals surface area contributed by atoms with Crippen molar-refractivity contribution in [2.45, 2.75) is 39.0 Å². The van der Waals surface area contributed by atoms with E-state index in [2.05, 4.69) is 66.5 Å². The molecule has 0 aromatic heterocycles. The van der Waals surface area contributed by atoms with Crippen LogP contribution in [-0.2, 0) is 6.54 Å². The summed E-state index contributed by atoms with van der Waals surface area (Å²) in [6.45, 7) is 9.67. The quantitative estimate of drug-likeness (QED) is 0.832. The van der Waals surface area contributed by atoms with Gasteiger partial charge in [0, 0.05) is 15.8 Å². The summed E-state index contributed by atoms with van der Waals surface area (Å²) in [4.78, 5) is 0. The molecule has 0 atom stereocenters. The molecule has 0 saturated carbocycles. The molecule has 1 N–H and O–H groups in total. The summed E-state index contributed by atoms with van der Waals surface area (Å²) in [6.07, 6.45) is 0. The summed E-state index contributed by atoms with van der Waals surface area (Å²) >= 11 is 5.32. The molecule has 84 valence electrons. The first-order valence-corrected chi connectivity index (χ1v) is 6.66. The molecule has 0 aliphatic carbocycles. The van der Waals surface area contributed by atoms with E-state index in [1.165, 1.54) is 15.6 Å². The van der Waals surface area contributed by atoms with Gasteiger partial charge in [-0.15, -0.1) is 0 Å². The van der Waals surface area contributed by atoms with Gasteiger partial charge in [0.2, 0.25) is 0 Å². The van der Waals surface area contributed by atoms with Crippen LogP contribution < -0.4 is 4.72 Å². The van der Waals surface area contributed by atoms with Gasteiger partial charge in [0.25, 0.3) is 0 Å². The Labute approximate surface area is 105 Å². The van der Waals surface area contributed by atoms with Gasteiger partial charge in [-0.1, -0.05) is 40.0 Å². The van der Waals surface area contributed by atoms with E-state index in [4.69, 9.17) is 0 Å². The summed E-state index contributed by atoms with van der Waals surface area (Å²) in [5, 5.41) is 0. The van der Waals surface area contributed by atoms with E-state index in [9.17, 15) is 0 Å². The second-order valence-electron chi connectivity index (χ2n) is 4.56. The molecule has 3 heteroatoms. The van der Waals surface area contributed by atoms with Gasteiger partial charge in [-0.25, -0.2) is 0 Å². The third kappa shape index (κ3) is 4.58. The Morgan fingerprint density at radius 2 is 2.00 bits per heavy atom. The zero-order valence-corrected chi connectivity index (χ0v) is 12.1. The zero-order chi connectivity index (χ0) is 11.5. The first kappa shape index (κ1) is 13.1. The topological polar surface area (TPSA) is 12.0 Å². The summed E-state index contributed by atoms with van der Waals surface area (Å²) in [5.41, 5.74) is 2.67. The largest absolute Gasteiger partial charge is 0.259 e. The minimum Gasteiger partial charge on any atom is -0.259 e. The van der Waals surface area contributed by atoms with Crippen LogP contribution in [0.3, 0.4) is 0 Å². The maximum absolute atomic E-state index is 3.54. The molecule has 0 unspecified atom stereocenters. The van der Waals surface area contributed by atoms with Crippen LogP contribution in [0.4, 0.5) is 0 Å². The van der Waals surface area contributed by atoms with Crippen molar-refractivity contribution in [2.24, 2.45) is 0 Å². The van der Waals surface area contributed by atoms with Gasteiger partial charge in [0.05, 0.1) is 0 Å². The van der Waals surface area contributed by atoms with Crippen molar-refractivity contribution >= 4 is 27.9 Å². The lowest BCUT2D eigenvalue weighted by molar-refractivity contribution is 0.787. The minimum atomic E-state index is 0.264. The van der Waals surface area contributed by atoms with Crippen molar-refractivity contribution in [1.82, 2.24) is 4.72 Å². The Morgan fingerprint density at radius 1 is 1.33 bits per heavy atom. The molecule has 0 bridgehead atoms. The molecule has 0 heterocycles. The van der Waals surface area contributed by atoms with Crippen LogP contribution in [0.25, 0.3) is 0 Å². The van der Waals surface area contributed by atoms with Crippen LogP contribution in [0.2, 0.25) is 0 Å². The monoisotopic (exact) mass is 287 g/mol. The average molecular weight is 288 g/mol. The summed E-state index contributed by atoms with van der Waals surface area (Å²) < 4.78 is 4.85. The summed E-state index contributed by atoms with van der Waals surface area (Å²) in [5.74, 6) is 0. The van der Waals surface area contributed by atoms with Gasteiger partial charge in [-0.2, -0.15) is 0 Å². The SMILES string of the molecule is Cc1c(Br)cccc1CNSC(C)(C)C. The van der Waals surface area contributed by atoms with Crippen molar-refractivity contribution < 1.29 is 0 Å². The lowest BCUT2D eigenvalue weighted by Gasteiger charge is -2.18. The molecule has 1 aromatic carbocycles. The molecule has 0 amide bonds. The van der Waals surface area contributed by atoms with Crippen LogP contribution >= 0.6 is 27.9 Å². The van der Waals surface area contributed by atoms with Crippen LogP contribution in [0.15, 0.2) is 22.7 Å². The van der Waals surface area contributed by atoms with Gasteiger partial charge >= 0.3 is 0 Å². The van der Waals surface area contributed by atoms with Gasteiger partial charge < -0.3 is 0 Å². The standard InChI is InChI=1S/C12H18BrNS/c1-9-10(6-5-7-11(9)13)8-14-15-12(2,3)4/h5-7,14H,8H2,1-4H3. The zero-order valence-electron chi connectivity index (χ0n) is 9.73. The van der Waals surface area contributed by atoms with Crippen LogP contribution in [0.1, 0.15) is 31.9 Å². The Balaban J connectivity index is 2.55. The fourth-order valence-corrected chi connectivity index (χ4v) is 2.24. The number of rotatable bonds is 3. The molecular weight excluding hydrogens is 270 g/mol. The molecule has 1 nitrogen and oxygen atoms in total. The highest BCUT2D eigenvalue weighted by atomic mass is 79.9. The number of hydrogen-bond donors (Lipinski definition) is 1. The van der Waals surface area contributed by atoms with Gasteiger partial charge in [-0.3, -0.25) is 4.72 Å². The van der Waals surface area contributed by atoms with Crippen LogP contribution in [0.5, 0.6) is 0 Å². The number of halogens is 1. The van der Waals surface area contributed by atoms with E-state index in [-0.39, 0.29) is 4.75 Å². The van der Waals surface area contributed by atoms with E-state index in [0.29, 0.717) is 0 Å². The van der Waals surface area contributed by atoms with Crippen molar-refractivity contribution in [3.8, 4) is 0 Å². The van der Waals surface area contributed by atoms with E-state index < -0.39 is 0 Å². The molecule has 0 radical (unpaired) electrons. The maximum Gasteiger partial charge on any atom is 0.0313 e. The maximum atomic E-state index is 3.54. The molecule has 15 heavy (non-hydrogen) atoms. The fourth-order valence-electron chi connectivity index (χ4n) is 1.17. The highest BCUT2D eigenvalue weighted by Gasteiger charge is 2.10. The number of hydrogen-bond acceptors (Lipinski definition) is 2. The van der Waals surface area contributed by atoms with E-state index in [1.54, 1.807) is 11.9 Å². The van der Waals surface area contributed by atoms with Crippen LogP contribution in [-0.4, -0.2) is 4.75 Å². The van der Waals surface area contributed by atoms with Crippen molar-refractivity contribution in [1.29, 1.82) is 0 Å². The highest BCUT2D eigenvalue weighted by Crippen LogP contribution is 2.22. The van der Waals surface area contributed by atoms with E-state index >= 15 is 0 Å². The Bertz CT molecular complexity index is 331. The minimum absolute atomic E-state index is 0.264. The molecule has 0 fully saturated rings. The van der Waals surface area contributed by atoms with Gasteiger partial charge in [0.1, 0.15) is 0 Å². The Morgan fingerprint density at radius 3 is 2.60 bits per heavy atom. The molecule has 1 aromatic rings. The Hall–Kier alpha value is 0.01000. The Kier molecular flexibility index (Phi) is 4.68. The van der Waals surface area contributed by atoms with E-state index in [1.807, 2.05) is 0 Å². The van der Waals surface area contributed by atoms with Crippen molar-refractivity contribution in [3.63, 3.8) is 0 Å². The van der Waals surface area contributed by atoms with Gasteiger partial charge in [0.15, 0.2) is 0 Å². The number of benzene rings is 1. The average Bonchev–Trinajstić information content (AvgIpc) is 2.10. The first-order chi connectivity index (χ1) is 6.90. The van der Waals surface area contributed by atoms with Crippen molar-refractivity contribution in [3.05, 3.63) is 33.8 Å². The third-order valence-electron chi connectivity index (χ3n) is 2.02. The van der Waals surface area contributed by atoms with Gasteiger partial charge in [-0.05, 0) is 44.9 Å². The summed E-state index contributed by atoms with van der Waals surface area (Å²) in [7, 11) is 0. The normalized spacial score (nSPS) is 11.8. The lowest BCUT2D eigenvalue weighted by Crippen LogP contribution is -2.17. The molecule has 0 aliphatic rings. The molecule has 0 spiro atoms. The third-order valence-corrected chi connectivity index (χ3v) is 3.78. The molecular formula is C12H18BrNS. The number of nitrogens with one attached hydrogen (secondary N) is 1. The molecule has 1 rings (SSSR count). The van der Waals surface area contributed by atoms with Crippen LogP contribution in [0, 0.1) is 6.92 Å². The second kappa shape index (κ2) is 5.37. The fraction of sp³-hybridized carbons (Fsp3) is 0.500. The van der Waals surface area contributed by atoms with Crippen molar-refractivity contribution in [2.75, 3.05) is 0 Å². The van der Waals surface area contributed by atoms with E-state index in [0.717, 1.165) is 6.54 Å². The smallest absolute Gasteiger partial charge is 0.0313 e. The molecule has 0 saturated heterocycles. The summed E-state index contributed by atoms with van der Waals surface area (Å²) in [6, 6.07) is 6.32. The lowest BCUT2D eigenvalue weighted by atomic mass is 10.1. The highest BCUT2D eigenvalue weighted by molar-refractivity contribution is 9.10. The first-order valence-electron chi connectivity index (χ1n) is 5.05. The predicted octanol–water partition coefficient (Wildman–Crippen LogP) is 4.29. The second-order valence-corrected chi connectivity index (χ2v) is 7.13. The molecule has 0 aliphatic heterocycles. The predicted molar refractivity (Wildman–Crippen MR) is 73.1 cm³/mol.